The van der Waals surface area contributed by atoms with Gasteiger partial charge in [-0.15, -0.1) is 0 Å². The number of nitrogens with two attached hydrogens (primary N) is 1. The quantitative estimate of drug-likeness (QED) is 0.861. The van der Waals surface area contributed by atoms with Crippen molar-refractivity contribution in [2.45, 2.75) is 63.8 Å². The topological polar surface area (TPSA) is 51.8 Å². The van der Waals surface area contributed by atoms with Crippen LogP contribution in [0.3, 0.4) is 0 Å². The summed E-state index contributed by atoms with van der Waals surface area (Å²) in [6.45, 7) is 9.33. The summed E-state index contributed by atoms with van der Waals surface area (Å²) in [6.07, 6.45) is 5.14. The number of aryl methyl sites for hydroxylation is 2. The molecule has 3 unspecified atom stereocenters. The van der Waals surface area contributed by atoms with E-state index in [-0.39, 0.29) is 0 Å². The summed E-state index contributed by atoms with van der Waals surface area (Å²) in [5, 5.41) is 1.52. The molecule has 3 nitrogen and oxygen atoms in total. The first-order valence-corrected chi connectivity index (χ1v) is 8.61. The predicted octanol–water partition coefficient (Wildman–Crippen LogP) is 3.65. The molecule has 0 aliphatic heterocycles. The second-order valence-electron chi connectivity index (χ2n) is 6.04. The van der Waals surface area contributed by atoms with E-state index < -0.39 is 0 Å². The van der Waals surface area contributed by atoms with Gasteiger partial charge in [-0.25, -0.2) is 9.97 Å². The van der Waals surface area contributed by atoms with Crippen LogP contribution in [0.25, 0.3) is 0 Å². The zero-order valence-electron chi connectivity index (χ0n) is 13.1. The molecule has 0 bridgehead atoms. The van der Waals surface area contributed by atoms with E-state index in [0.717, 1.165) is 29.0 Å². The second-order valence-corrected chi connectivity index (χ2v) is 7.25. The minimum atomic E-state index is 0.584. The molecule has 1 heterocycles. The van der Waals surface area contributed by atoms with Crippen molar-refractivity contribution in [3.63, 3.8) is 0 Å². The van der Waals surface area contributed by atoms with Gasteiger partial charge in [0.15, 0.2) is 5.16 Å². The van der Waals surface area contributed by atoms with E-state index in [2.05, 4.69) is 37.7 Å². The number of rotatable bonds is 4. The fourth-order valence-electron chi connectivity index (χ4n) is 2.99. The fraction of sp³-hybridized carbons (Fsp3) is 0.750. The number of hydrogen-bond donors (Lipinski definition) is 1. The first-order valence-electron chi connectivity index (χ1n) is 7.73. The second kappa shape index (κ2) is 6.90. The van der Waals surface area contributed by atoms with Crippen LogP contribution < -0.4 is 5.73 Å². The van der Waals surface area contributed by atoms with E-state index in [4.69, 9.17) is 5.73 Å². The Morgan fingerprint density at radius 3 is 2.35 bits per heavy atom. The van der Waals surface area contributed by atoms with Gasteiger partial charge in [-0.3, -0.25) is 0 Å². The van der Waals surface area contributed by atoms with Gasteiger partial charge in [-0.2, -0.15) is 0 Å². The van der Waals surface area contributed by atoms with Crippen LogP contribution >= 0.6 is 11.8 Å². The molecular formula is C16H27N3S. The molecule has 0 saturated heterocycles. The van der Waals surface area contributed by atoms with E-state index >= 15 is 0 Å². The Hall–Kier alpha value is -0.610. The molecule has 1 saturated carbocycles. The highest BCUT2D eigenvalue weighted by atomic mass is 32.2. The van der Waals surface area contributed by atoms with Crippen LogP contribution in [-0.2, 0) is 0 Å². The van der Waals surface area contributed by atoms with E-state index in [1.165, 1.54) is 31.2 Å². The maximum Gasteiger partial charge on any atom is 0.188 e. The summed E-state index contributed by atoms with van der Waals surface area (Å²) < 4.78 is 0. The third-order valence-corrected chi connectivity index (χ3v) is 6.06. The molecule has 1 fully saturated rings. The third kappa shape index (κ3) is 3.53. The summed E-state index contributed by atoms with van der Waals surface area (Å²) in [6, 6.07) is 0. The van der Waals surface area contributed by atoms with Gasteiger partial charge in [0.25, 0.3) is 0 Å². The van der Waals surface area contributed by atoms with E-state index in [0.29, 0.717) is 11.2 Å². The lowest BCUT2D eigenvalue weighted by Gasteiger charge is -2.34. The molecule has 1 aromatic rings. The fourth-order valence-corrected chi connectivity index (χ4v) is 4.45. The summed E-state index contributed by atoms with van der Waals surface area (Å²) in [5.74, 6) is 1.47. The standard InChI is InChI=1S/C16H27N3S/c1-5-13-6-7-14(9-17)15(8-13)20-16-18-11(3)10(2)12(4)19-16/h13-15H,5-9,17H2,1-4H3. The van der Waals surface area contributed by atoms with Gasteiger partial charge in [0.2, 0.25) is 0 Å². The molecule has 0 radical (unpaired) electrons. The number of nitrogens with zero attached hydrogens (tertiary/aromatic N) is 2. The molecule has 1 aliphatic rings. The Labute approximate surface area is 127 Å². The monoisotopic (exact) mass is 293 g/mol. The summed E-state index contributed by atoms with van der Waals surface area (Å²) in [4.78, 5) is 9.32. The maximum atomic E-state index is 5.96. The minimum Gasteiger partial charge on any atom is -0.330 e. The normalized spacial score (nSPS) is 26.8. The van der Waals surface area contributed by atoms with Gasteiger partial charge in [0.05, 0.1) is 0 Å². The van der Waals surface area contributed by atoms with E-state index in [1.807, 2.05) is 11.8 Å². The smallest absolute Gasteiger partial charge is 0.188 e. The van der Waals surface area contributed by atoms with Crippen molar-refractivity contribution in [3.8, 4) is 0 Å². The zero-order chi connectivity index (χ0) is 14.7. The average molecular weight is 293 g/mol. The van der Waals surface area contributed by atoms with Crippen molar-refractivity contribution in [3.05, 3.63) is 17.0 Å². The van der Waals surface area contributed by atoms with Crippen LogP contribution in [0.15, 0.2) is 5.16 Å². The SMILES string of the molecule is CCC1CCC(CN)C(Sc2nc(C)c(C)c(C)n2)C1. The van der Waals surface area contributed by atoms with Gasteiger partial charge in [-0.1, -0.05) is 31.5 Å². The number of thioether (sulfide) groups is 1. The summed E-state index contributed by atoms with van der Waals surface area (Å²) in [5.41, 5.74) is 9.38. The van der Waals surface area contributed by atoms with Crippen LogP contribution in [-0.4, -0.2) is 21.8 Å². The Morgan fingerprint density at radius 2 is 1.80 bits per heavy atom. The van der Waals surface area contributed by atoms with Crippen LogP contribution in [0.2, 0.25) is 0 Å². The van der Waals surface area contributed by atoms with Crippen LogP contribution in [0.4, 0.5) is 0 Å². The van der Waals surface area contributed by atoms with Gasteiger partial charge < -0.3 is 5.73 Å². The molecule has 2 N–H and O–H groups in total. The number of aromatic nitrogens is 2. The van der Waals surface area contributed by atoms with Crippen LogP contribution in [0, 0.1) is 32.6 Å². The molecular weight excluding hydrogens is 266 g/mol. The minimum absolute atomic E-state index is 0.584. The van der Waals surface area contributed by atoms with Gasteiger partial charge >= 0.3 is 0 Å². The molecule has 20 heavy (non-hydrogen) atoms. The van der Waals surface area contributed by atoms with Crippen molar-refractivity contribution in [2.24, 2.45) is 17.6 Å². The molecule has 112 valence electrons. The average Bonchev–Trinajstić information content (AvgIpc) is 2.44. The molecule has 4 heteroatoms. The van der Waals surface area contributed by atoms with Crippen molar-refractivity contribution in [2.75, 3.05) is 6.54 Å². The molecule has 0 spiro atoms. The molecule has 3 atom stereocenters. The lowest BCUT2D eigenvalue weighted by molar-refractivity contribution is 0.283. The Bertz CT molecular complexity index is 438. The predicted molar refractivity (Wildman–Crippen MR) is 86.1 cm³/mol. The van der Waals surface area contributed by atoms with Gasteiger partial charge in [-0.05, 0) is 57.6 Å². The molecule has 0 amide bonds. The van der Waals surface area contributed by atoms with Crippen LogP contribution in [0.1, 0.15) is 49.6 Å². The molecule has 2 rings (SSSR count). The lowest BCUT2D eigenvalue weighted by Crippen LogP contribution is -2.32. The zero-order valence-corrected chi connectivity index (χ0v) is 14.0. The lowest BCUT2D eigenvalue weighted by atomic mass is 9.80. The summed E-state index contributed by atoms with van der Waals surface area (Å²) >= 11 is 1.85. The van der Waals surface area contributed by atoms with Crippen molar-refractivity contribution in [1.82, 2.24) is 9.97 Å². The Balaban J connectivity index is 2.13. The molecule has 1 aromatic heterocycles. The van der Waals surface area contributed by atoms with E-state index in [1.54, 1.807) is 0 Å². The van der Waals surface area contributed by atoms with Crippen molar-refractivity contribution < 1.29 is 0 Å². The highest BCUT2D eigenvalue weighted by Gasteiger charge is 2.30. The van der Waals surface area contributed by atoms with Crippen LogP contribution in [0.5, 0.6) is 0 Å². The van der Waals surface area contributed by atoms with E-state index in [9.17, 15) is 0 Å². The van der Waals surface area contributed by atoms with Crippen molar-refractivity contribution in [1.29, 1.82) is 0 Å². The van der Waals surface area contributed by atoms with Crippen molar-refractivity contribution >= 4 is 11.8 Å². The van der Waals surface area contributed by atoms with Gasteiger partial charge in [0.1, 0.15) is 0 Å². The maximum absolute atomic E-state index is 5.96. The van der Waals surface area contributed by atoms with Gasteiger partial charge in [0, 0.05) is 16.6 Å². The molecule has 1 aliphatic carbocycles. The Kier molecular flexibility index (Phi) is 5.44. The summed E-state index contributed by atoms with van der Waals surface area (Å²) in [7, 11) is 0. The first-order chi connectivity index (χ1) is 9.55. The third-order valence-electron chi connectivity index (χ3n) is 4.79. The highest BCUT2D eigenvalue weighted by Crippen LogP contribution is 2.39. The first kappa shape index (κ1) is 15.8. The number of hydrogen-bond acceptors (Lipinski definition) is 4. The Morgan fingerprint density at radius 1 is 1.15 bits per heavy atom. The molecule has 0 aromatic carbocycles. The highest BCUT2D eigenvalue weighted by molar-refractivity contribution is 7.99. The largest absolute Gasteiger partial charge is 0.330 e.